The first kappa shape index (κ1) is 13.3. The fourth-order valence-corrected chi connectivity index (χ4v) is 2.00. The molecule has 1 rings (SSSR count). The Bertz CT molecular complexity index is 265. The molecule has 1 aromatic heterocycles. The standard InChI is InChI=1S/C14H26N2/c1-3-4-5-6-7-8-9-10-12-16-13-11-14(2)15-16/h11,13H,3-10,12H2,1-2H3. The molecule has 2 nitrogen and oxygen atoms in total. The molecule has 1 aromatic rings. The van der Waals surface area contributed by atoms with Crippen LogP contribution in [-0.4, -0.2) is 9.78 Å². The minimum Gasteiger partial charge on any atom is -0.273 e. The van der Waals surface area contributed by atoms with Crippen molar-refractivity contribution in [2.24, 2.45) is 0 Å². The largest absolute Gasteiger partial charge is 0.273 e. The van der Waals surface area contributed by atoms with Crippen molar-refractivity contribution in [2.45, 2.75) is 71.8 Å². The Morgan fingerprint density at radius 3 is 2.19 bits per heavy atom. The van der Waals surface area contributed by atoms with Crippen molar-refractivity contribution in [3.05, 3.63) is 18.0 Å². The van der Waals surface area contributed by atoms with Crippen molar-refractivity contribution in [1.82, 2.24) is 9.78 Å². The quantitative estimate of drug-likeness (QED) is 0.569. The summed E-state index contributed by atoms with van der Waals surface area (Å²) >= 11 is 0. The number of rotatable bonds is 9. The summed E-state index contributed by atoms with van der Waals surface area (Å²) in [4.78, 5) is 0. The van der Waals surface area contributed by atoms with E-state index in [1.54, 1.807) is 0 Å². The number of hydrogen-bond acceptors (Lipinski definition) is 1. The van der Waals surface area contributed by atoms with Gasteiger partial charge in [0.2, 0.25) is 0 Å². The molecule has 0 bridgehead atoms. The molecule has 0 atom stereocenters. The maximum Gasteiger partial charge on any atom is 0.0593 e. The molecule has 0 saturated heterocycles. The highest BCUT2D eigenvalue weighted by Gasteiger charge is 1.94. The molecule has 1 heterocycles. The average Bonchev–Trinajstić information content (AvgIpc) is 2.68. The molecule has 0 aliphatic heterocycles. The minimum atomic E-state index is 1.09. The molecule has 0 radical (unpaired) electrons. The van der Waals surface area contributed by atoms with Gasteiger partial charge in [-0.15, -0.1) is 0 Å². The Morgan fingerprint density at radius 1 is 1.00 bits per heavy atom. The van der Waals surface area contributed by atoms with Crippen LogP contribution in [0.1, 0.15) is 64.0 Å². The fraction of sp³-hybridized carbons (Fsp3) is 0.786. The maximum atomic E-state index is 4.39. The number of unbranched alkanes of at least 4 members (excludes halogenated alkanes) is 7. The van der Waals surface area contributed by atoms with E-state index >= 15 is 0 Å². The van der Waals surface area contributed by atoms with E-state index in [9.17, 15) is 0 Å². The van der Waals surface area contributed by atoms with Crippen molar-refractivity contribution in [2.75, 3.05) is 0 Å². The van der Waals surface area contributed by atoms with E-state index in [1.807, 2.05) is 6.92 Å². The first-order valence-electron chi connectivity index (χ1n) is 6.83. The first-order chi connectivity index (χ1) is 7.83. The van der Waals surface area contributed by atoms with Gasteiger partial charge in [-0.2, -0.15) is 5.10 Å². The van der Waals surface area contributed by atoms with Crippen LogP contribution in [0.3, 0.4) is 0 Å². The SMILES string of the molecule is CCCCCCCCCCn1ccc(C)n1. The fourth-order valence-electron chi connectivity index (χ4n) is 2.00. The summed E-state index contributed by atoms with van der Waals surface area (Å²) < 4.78 is 2.06. The highest BCUT2D eigenvalue weighted by molar-refractivity contribution is 4.94. The summed E-state index contributed by atoms with van der Waals surface area (Å²) in [6.45, 7) is 5.40. The average molecular weight is 222 g/mol. The normalized spacial score (nSPS) is 10.9. The highest BCUT2D eigenvalue weighted by Crippen LogP contribution is 2.08. The smallest absolute Gasteiger partial charge is 0.0593 e. The lowest BCUT2D eigenvalue weighted by atomic mass is 10.1. The monoisotopic (exact) mass is 222 g/mol. The predicted molar refractivity (Wildman–Crippen MR) is 69.6 cm³/mol. The van der Waals surface area contributed by atoms with E-state index < -0.39 is 0 Å². The van der Waals surface area contributed by atoms with Crippen molar-refractivity contribution in [3.63, 3.8) is 0 Å². The van der Waals surface area contributed by atoms with Gasteiger partial charge < -0.3 is 0 Å². The van der Waals surface area contributed by atoms with Crippen molar-refractivity contribution >= 4 is 0 Å². The summed E-state index contributed by atoms with van der Waals surface area (Å²) in [5.41, 5.74) is 1.12. The molecular weight excluding hydrogens is 196 g/mol. The van der Waals surface area contributed by atoms with Crippen LogP contribution in [0.15, 0.2) is 12.3 Å². The van der Waals surface area contributed by atoms with Gasteiger partial charge in [0, 0.05) is 12.7 Å². The van der Waals surface area contributed by atoms with Crippen molar-refractivity contribution in [3.8, 4) is 0 Å². The second-order valence-electron chi connectivity index (χ2n) is 4.70. The van der Waals surface area contributed by atoms with Crippen LogP contribution in [0.4, 0.5) is 0 Å². The van der Waals surface area contributed by atoms with E-state index in [1.165, 1.54) is 51.4 Å². The molecule has 0 unspecified atom stereocenters. The number of aryl methyl sites for hydroxylation is 2. The lowest BCUT2D eigenvalue weighted by Crippen LogP contribution is -1.98. The topological polar surface area (TPSA) is 17.8 Å². The van der Waals surface area contributed by atoms with E-state index in [-0.39, 0.29) is 0 Å². The number of hydrogen-bond donors (Lipinski definition) is 0. The van der Waals surface area contributed by atoms with Gasteiger partial charge in [0.1, 0.15) is 0 Å². The van der Waals surface area contributed by atoms with Crippen molar-refractivity contribution < 1.29 is 0 Å². The molecule has 2 heteroatoms. The van der Waals surface area contributed by atoms with Gasteiger partial charge in [0.25, 0.3) is 0 Å². The Hall–Kier alpha value is -0.790. The zero-order chi connectivity index (χ0) is 11.6. The lowest BCUT2D eigenvalue weighted by molar-refractivity contribution is 0.518. The van der Waals surface area contributed by atoms with Crippen LogP contribution in [0.5, 0.6) is 0 Å². The number of aromatic nitrogens is 2. The summed E-state index contributed by atoms with van der Waals surface area (Å²) in [5, 5.41) is 4.39. The molecule has 16 heavy (non-hydrogen) atoms. The van der Waals surface area contributed by atoms with E-state index in [0.29, 0.717) is 0 Å². The van der Waals surface area contributed by atoms with Gasteiger partial charge >= 0.3 is 0 Å². The van der Waals surface area contributed by atoms with Crippen molar-refractivity contribution in [1.29, 1.82) is 0 Å². The van der Waals surface area contributed by atoms with Crippen LogP contribution >= 0.6 is 0 Å². The number of nitrogens with zero attached hydrogens (tertiary/aromatic N) is 2. The van der Waals surface area contributed by atoms with Gasteiger partial charge in [-0.25, -0.2) is 0 Å². The van der Waals surface area contributed by atoms with Crippen LogP contribution in [0.2, 0.25) is 0 Å². The molecule has 92 valence electrons. The molecule has 0 spiro atoms. The lowest BCUT2D eigenvalue weighted by Gasteiger charge is -2.02. The molecule has 0 aliphatic rings. The second kappa shape index (κ2) is 8.37. The molecule has 0 aromatic carbocycles. The minimum absolute atomic E-state index is 1.09. The van der Waals surface area contributed by atoms with E-state index in [2.05, 4.69) is 29.0 Å². The summed E-state index contributed by atoms with van der Waals surface area (Å²) in [7, 11) is 0. The summed E-state index contributed by atoms with van der Waals surface area (Å²) in [5.74, 6) is 0. The van der Waals surface area contributed by atoms with Crippen LogP contribution in [0.25, 0.3) is 0 Å². The van der Waals surface area contributed by atoms with E-state index in [0.717, 1.165) is 12.2 Å². The zero-order valence-electron chi connectivity index (χ0n) is 10.9. The van der Waals surface area contributed by atoms with Crippen LogP contribution in [-0.2, 0) is 6.54 Å². The van der Waals surface area contributed by atoms with Crippen LogP contribution < -0.4 is 0 Å². The predicted octanol–water partition coefficient (Wildman–Crippen LogP) is 4.33. The van der Waals surface area contributed by atoms with Crippen LogP contribution in [0, 0.1) is 6.92 Å². The van der Waals surface area contributed by atoms with Gasteiger partial charge in [-0.1, -0.05) is 51.9 Å². The Morgan fingerprint density at radius 2 is 1.62 bits per heavy atom. The Kier molecular flexibility index (Phi) is 6.95. The van der Waals surface area contributed by atoms with Gasteiger partial charge in [0.05, 0.1) is 5.69 Å². The maximum absolute atomic E-state index is 4.39. The molecule has 0 aliphatic carbocycles. The third kappa shape index (κ3) is 5.94. The van der Waals surface area contributed by atoms with Gasteiger partial charge in [-0.05, 0) is 19.4 Å². The molecule has 0 saturated carbocycles. The summed E-state index contributed by atoms with van der Waals surface area (Å²) in [6, 6.07) is 2.07. The third-order valence-electron chi connectivity index (χ3n) is 3.01. The third-order valence-corrected chi connectivity index (χ3v) is 3.01. The van der Waals surface area contributed by atoms with E-state index in [4.69, 9.17) is 0 Å². The molecule has 0 amide bonds. The Labute approximate surface area is 100 Å². The summed E-state index contributed by atoms with van der Waals surface area (Å²) in [6.07, 6.45) is 13.1. The Balaban J connectivity index is 1.88. The molecular formula is C14H26N2. The van der Waals surface area contributed by atoms with Gasteiger partial charge in [0.15, 0.2) is 0 Å². The highest BCUT2D eigenvalue weighted by atomic mass is 15.3. The van der Waals surface area contributed by atoms with Gasteiger partial charge in [-0.3, -0.25) is 4.68 Å². The second-order valence-corrected chi connectivity index (χ2v) is 4.70. The molecule has 0 N–H and O–H groups in total. The molecule has 0 fully saturated rings. The zero-order valence-corrected chi connectivity index (χ0v) is 10.9. The first-order valence-corrected chi connectivity index (χ1v) is 6.83.